The summed E-state index contributed by atoms with van der Waals surface area (Å²) in [5, 5.41) is 8.93. The van der Waals surface area contributed by atoms with E-state index in [-0.39, 0.29) is 17.9 Å². The summed E-state index contributed by atoms with van der Waals surface area (Å²) in [5.74, 6) is -1.96. The summed E-state index contributed by atoms with van der Waals surface area (Å²) < 4.78 is 5.06. The van der Waals surface area contributed by atoms with Crippen LogP contribution >= 0.6 is 0 Å². The Morgan fingerprint density at radius 2 is 1.84 bits per heavy atom. The lowest BCUT2D eigenvalue weighted by Gasteiger charge is -2.06. The summed E-state index contributed by atoms with van der Waals surface area (Å²) in [6.45, 7) is 0.0909. The molecule has 0 aliphatic carbocycles. The first-order chi connectivity index (χ1) is 9.18. The predicted molar refractivity (Wildman–Crippen MR) is 66.8 cm³/mol. The van der Waals surface area contributed by atoms with Gasteiger partial charge in [0.2, 0.25) is 0 Å². The number of carbonyl (C=O) groups is 2. The van der Waals surface area contributed by atoms with E-state index < -0.39 is 11.9 Å². The Balaban J connectivity index is 2.10. The van der Waals surface area contributed by atoms with Gasteiger partial charge in [0, 0.05) is 6.20 Å². The summed E-state index contributed by atoms with van der Waals surface area (Å²) in [6.07, 6.45) is 1.32. The molecule has 0 saturated carbocycles. The number of esters is 1. The van der Waals surface area contributed by atoms with Crippen LogP contribution in [0.15, 0.2) is 48.7 Å². The van der Waals surface area contributed by atoms with Crippen molar-refractivity contribution in [1.29, 1.82) is 0 Å². The average molecular weight is 257 g/mol. The standard InChI is InChI=1S/C14H11NO4/c16-13(17)12-11(7-4-8-15-12)14(18)19-9-10-5-2-1-3-6-10/h1-8H,9H2,(H,16,17). The number of benzene rings is 1. The molecule has 0 saturated heterocycles. The third-order valence-electron chi connectivity index (χ3n) is 2.44. The Labute approximate surface area is 109 Å². The lowest BCUT2D eigenvalue weighted by molar-refractivity contribution is 0.0462. The largest absolute Gasteiger partial charge is 0.476 e. The molecular weight excluding hydrogens is 246 g/mol. The second-order valence-electron chi connectivity index (χ2n) is 3.77. The van der Waals surface area contributed by atoms with Crippen LogP contribution in [-0.4, -0.2) is 22.0 Å². The van der Waals surface area contributed by atoms with Crippen molar-refractivity contribution in [3.8, 4) is 0 Å². The van der Waals surface area contributed by atoms with Gasteiger partial charge in [0.05, 0.1) is 5.56 Å². The van der Waals surface area contributed by atoms with Crippen molar-refractivity contribution in [3.05, 3.63) is 65.5 Å². The molecule has 2 aromatic rings. The van der Waals surface area contributed by atoms with Crippen molar-refractivity contribution in [3.63, 3.8) is 0 Å². The van der Waals surface area contributed by atoms with Crippen molar-refractivity contribution < 1.29 is 19.4 Å². The molecule has 0 aliphatic rings. The second-order valence-corrected chi connectivity index (χ2v) is 3.77. The zero-order valence-electron chi connectivity index (χ0n) is 9.95. The number of rotatable bonds is 4. The maximum Gasteiger partial charge on any atom is 0.355 e. The summed E-state index contributed by atoms with van der Waals surface area (Å²) >= 11 is 0. The monoisotopic (exact) mass is 257 g/mol. The van der Waals surface area contributed by atoms with E-state index in [2.05, 4.69) is 4.98 Å². The topological polar surface area (TPSA) is 76.5 Å². The molecule has 0 bridgehead atoms. The first-order valence-electron chi connectivity index (χ1n) is 5.58. The van der Waals surface area contributed by atoms with Gasteiger partial charge in [-0.05, 0) is 17.7 Å². The van der Waals surface area contributed by atoms with E-state index in [0.29, 0.717) is 0 Å². The molecule has 5 heteroatoms. The molecule has 1 aromatic carbocycles. The van der Waals surface area contributed by atoms with Gasteiger partial charge in [0.15, 0.2) is 5.69 Å². The minimum absolute atomic E-state index is 0.0501. The van der Waals surface area contributed by atoms with Crippen LogP contribution in [0.3, 0.4) is 0 Å². The van der Waals surface area contributed by atoms with E-state index in [9.17, 15) is 9.59 Å². The van der Waals surface area contributed by atoms with Crippen molar-refractivity contribution in [1.82, 2.24) is 4.98 Å². The van der Waals surface area contributed by atoms with Crippen LogP contribution in [-0.2, 0) is 11.3 Å². The van der Waals surface area contributed by atoms with Crippen molar-refractivity contribution in [2.45, 2.75) is 6.61 Å². The minimum Gasteiger partial charge on any atom is -0.476 e. The quantitative estimate of drug-likeness (QED) is 0.849. The lowest BCUT2D eigenvalue weighted by Crippen LogP contribution is -2.13. The molecule has 0 radical (unpaired) electrons. The highest BCUT2D eigenvalue weighted by Crippen LogP contribution is 2.09. The van der Waals surface area contributed by atoms with E-state index in [4.69, 9.17) is 9.84 Å². The number of aromatic nitrogens is 1. The number of carboxylic acid groups (broad SMARTS) is 1. The van der Waals surface area contributed by atoms with Gasteiger partial charge in [-0.3, -0.25) is 0 Å². The molecule has 19 heavy (non-hydrogen) atoms. The fraction of sp³-hybridized carbons (Fsp3) is 0.0714. The van der Waals surface area contributed by atoms with Crippen LogP contribution in [0.2, 0.25) is 0 Å². The molecule has 5 nitrogen and oxygen atoms in total. The molecule has 0 aliphatic heterocycles. The van der Waals surface area contributed by atoms with Crippen LogP contribution in [0.5, 0.6) is 0 Å². The average Bonchev–Trinajstić information content (AvgIpc) is 2.46. The molecule has 0 atom stereocenters. The number of hydrogen-bond acceptors (Lipinski definition) is 4. The van der Waals surface area contributed by atoms with Crippen LogP contribution in [0.25, 0.3) is 0 Å². The van der Waals surface area contributed by atoms with Gasteiger partial charge in [-0.1, -0.05) is 30.3 Å². The van der Waals surface area contributed by atoms with Crippen molar-refractivity contribution in [2.75, 3.05) is 0 Å². The minimum atomic E-state index is -1.26. The summed E-state index contributed by atoms with van der Waals surface area (Å²) in [4.78, 5) is 26.4. The number of carboxylic acids is 1. The molecule has 0 unspecified atom stereocenters. The smallest absolute Gasteiger partial charge is 0.355 e. The first kappa shape index (κ1) is 12.8. The Kier molecular flexibility index (Phi) is 3.87. The molecular formula is C14H11NO4. The van der Waals surface area contributed by atoms with Gasteiger partial charge in [0.25, 0.3) is 0 Å². The molecule has 0 spiro atoms. The molecule has 1 aromatic heterocycles. The van der Waals surface area contributed by atoms with Gasteiger partial charge in [-0.25, -0.2) is 14.6 Å². The number of aromatic carboxylic acids is 1. The molecule has 1 N–H and O–H groups in total. The SMILES string of the molecule is O=C(OCc1ccccc1)c1cccnc1C(=O)O. The normalized spacial score (nSPS) is 9.89. The van der Waals surface area contributed by atoms with Crippen LogP contribution < -0.4 is 0 Å². The van der Waals surface area contributed by atoms with Gasteiger partial charge in [-0.2, -0.15) is 0 Å². The molecule has 0 amide bonds. The maximum atomic E-state index is 11.8. The Hall–Kier alpha value is -2.69. The highest BCUT2D eigenvalue weighted by Gasteiger charge is 2.18. The fourth-order valence-electron chi connectivity index (χ4n) is 1.54. The number of ether oxygens (including phenoxy) is 1. The molecule has 2 rings (SSSR count). The van der Waals surface area contributed by atoms with Crippen molar-refractivity contribution >= 4 is 11.9 Å². The zero-order valence-corrected chi connectivity index (χ0v) is 9.95. The van der Waals surface area contributed by atoms with Gasteiger partial charge in [0.1, 0.15) is 6.61 Å². The van der Waals surface area contributed by atoms with Crippen LogP contribution in [0.1, 0.15) is 26.4 Å². The third kappa shape index (κ3) is 3.16. The van der Waals surface area contributed by atoms with Gasteiger partial charge >= 0.3 is 11.9 Å². The van der Waals surface area contributed by atoms with Gasteiger partial charge < -0.3 is 9.84 Å². The van der Waals surface area contributed by atoms with E-state index >= 15 is 0 Å². The number of nitrogens with zero attached hydrogens (tertiary/aromatic N) is 1. The highest BCUT2D eigenvalue weighted by atomic mass is 16.5. The Morgan fingerprint density at radius 3 is 2.53 bits per heavy atom. The number of pyridine rings is 1. The fourth-order valence-corrected chi connectivity index (χ4v) is 1.54. The molecule has 1 heterocycles. The van der Waals surface area contributed by atoms with E-state index in [1.54, 1.807) is 0 Å². The van der Waals surface area contributed by atoms with Gasteiger partial charge in [-0.15, -0.1) is 0 Å². The number of hydrogen-bond donors (Lipinski definition) is 1. The summed E-state index contributed by atoms with van der Waals surface area (Å²) in [6, 6.07) is 12.0. The predicted octanol–water partition coefficient (Wildman–Crippen LogP) is 2.14. The third-order valence-corrected chi connectivity index (χ3v) is 2.44. The summed E-state index contributed by atoms with van der Waals surface area (Å²) in [5.41, 5.74) is 0.475. The summed E-state index contributed by atoms with van der Waals surface area (Å²) in [7, 11) is 0. The van der Waals surface area contributed by atoms with Crippen molar-refractivity contribution in [2.24, 2.45) is 0 Å². The molecule has 0 fully saturated rings. The van der Waals surface area contributed by atoms with E-state index in [1.165, 1.54) is 18.3 Å². The Morgan fingerprint density at radius 1 is 1.11 bits per heavy atom. The van der Waals surface area contributed by atoms with E-state index in [1.807, 2.05) is 30.3 Å². The lowest BCUT2D eigenvalue weighted by atomic mass is 10.2. The van der Waals surface area contributed by atoms with Crippen LogP contribution in [0, 0.1) is 0 Å². The zero-order chi connectivity index (χ0) is 13.7. The highest BCUT2D eigenvalue weighted by molar-refractivity contribution is 6.00. The maximum absolute atomic E-state index is 11.8. The first-order valence-corrected chi connectivity index (χ1v) is 5.58. The number of carbonyl (C=O) groups excluding carboxylic acids is 1. The molecule has 96 valence electrons. The van der Waals surface area contributed by atoms with E-state index in [0.717, 1.165) is 5.56 Å². The Bertz CT molecular complexity index is 595. The van der Waals surface area contributed by atoms with Crippen LogP contribution in [0.4, 0.5) is 0 Å². The second kappa shape index (κ2) is 5.77.